The molecule has 1 aromatic carbocycles. The van der Waals surface area contributed by atoms with Gasteiger partial charge in [0.1, 0.15) is 12.5 Å². The smallest absolute Gasteiger partial charge is 0.294 e. The number of halogens is 2. The molecule has 1 N–H and O–H groups in total. The van der Waals surface area contributed by atoms with Crippen molar-refractivity contribution >= 4 is 21.7 Å². The van der Waals surface area contributed by atoms with Crippen molar-refractivity contribution in [1.82, 2.24) is 9.88 Å². The van der Waals surface area contributed by atoms with E-state index in [-0.39, 0.29) is 9.92 Å². The summed E-state index contributed by atoms with van der Waals surface area (Å²) >= 11 is 5.55. The lowest BCUT2D eigenvalue weighted by atomic mass is 10.2. The first-order valence-electron chi connectivity index (χ1n) is 7.46. The van der Waals surface area contributed by atoms with Crippen molar-refractivity contribution in [3.05, 3.63) is 53.1 Å². The van der Waals surface area contributed by atoms with Gasteiger partial charge in [0.05, 0.1) is 16.1 Å². The van der Waals surface area contributed by atoms with Gasteiger partial charge in [-0.05, 0) is 25.5 Å². The highest BCUT2D eigenvalue weighted by molar-refractivity contribution is 7.85. The normalized spacial score (nSPS) is 14.2. The molecular formula is C16H18ClFN2O4S. The molecule has 1 aliphatic rings. The molecule has 136 valence electrons. The van der Waals surface area contributed by atoms with Gasteiger partial charge in [-0.15, -0.1) is 0 Å². The summed E-state index contributed by atoms with van der Waals surface area (Å²) in [5.41, 5.74) is 0.956. The van der Waals surface area contributed by atoms with Crippen molar-refractivity contribution in [3.63, 3.8) is 0 Å². The number of nitrogens with zero attached hydrogens (tertiary/aromatic N) is 2. The van der Waals surface area contributed by atoms with Gasteiger partial charge in [-0.2, -0.15) is 12.8 Å². The minimum absolute atomic E-state index is 0.00823. The Hall–Kier alpha value is -1.74. The monoisotopic (exact) mass is 388 g/mol. The second-order valence-corrected chi connectivity index (χ2v) is 7.31. The summed E-state index contributed by atoms with van der Waals surface area (Å²) < 4.78 is 47.6. The zero-order valence-electron chi connectivity index (χ0n) is 13.5. The third-order valence-electron chi connectivity index (χ3n) is 3.45. The van der Waals surface area contributed by atoms with Crippen LogP contribution in [0.3, 0.4) is 0 Å². The molecule has 6 nitrogen and oxygen atoms in total. The second kappa shape index (κ2) is 8.57. The third-order valence-corrected chi connectivity index (χ3v) is 4.59. The van der Waals surface area contributed by atoms with Gasteiger partial charge in [-0.3, -0.25) is 9.45 Å². The van der Waals surface area contributed by atoms with Crippen LogP contribution in [-0.4, -0.2) is 42.7 Å². The van der Waals surface area contributed by atoms with E-state index in [4.69, 9.17) is 20.9 Å². The van der Waals surface area contributed by atoms with E-state index in [1.165, 1.54) is 30.8 Å². The number of hydrogen-bond acceptors (Lipinski definition) is 5. The maximum atomic E-state index is 12.7. The fraction of sp³-hybridized carbons (Fsp3) is 0.312. The fourth-order valence-corrected chi connectivity index (χ4v) is 2.51. The molecule has 0 unspecified atom stereocenters. The number of ether oxygens (including phenoxy) is 1. The van der Waals surface area contributed by atoms with E-state index in [0.717, 1.165) is 18.7 Å². The summed E-state index contributed by atoms with van der Waals surface area (Å²) in [6.07, 6.45) is 2.55. The van der Waals surface area contributed by atoms with Crippen LogP contribution in [0.4, 0.5) is 4.39 Å². The van der Waals surface area contributed by atoms with Crippen LogP contribution < -0.4 is 4.74 Å². The van der Waals surface area contributed by atoms with Gasteiger partial charge in [0.2, 0.25) is 5.95 Å². The molecule has 0 saturated carbocycles. The molecule has 0 aliphatic carbocycles. The van der Waals surface area contributed by atoms with E-state index in [9.17, 15) is 12.8 Å². The van der Waals surface area contributed by atoms with Crippen molar-refractivity contribution in [2.45, 2.75) is 18.2 Å². The van der Waals surface area contributed by atoms with Crippen molar-refractivity contribution in [1.29, 1.82) is 0 Å². The predicted octanol–water partition coefficient (Wildman–Crippen LogP) is 3.16. The Morgan fingerprint density at radius 2 is 1.96 bits per heavy atom. The van der Waals surface area contributed by atoms with Crippen LogP contribution >= 0.6 is 11.6 Å². The highest BCUT2D eigenvalue weighted by atomic mass is 35.5. The van der Waals surface area contributed by atoms with Gasteiger partial charge >= 0.3 is 0 Å². The molecule has 2 aromatic rings. The molecule has 25 heavy (non-hydrogen) atoms. The average molecular weight is 389 g/mol. The van der Waals surface area contributed by atoms with E-state index >= 15 is 0 Å². The van der Waals surface area contributed by atoms with Gasteiger partial charge in [0.15, 0.2) is 0 Å². The maximum absolute atomic E-state index is 12.7. The minimum atomic E-state index is -4.02. The van der Waals surface area contributed by atoms with Gasteiger partial charge in [0.25, 0.3) is 10.1 Å². The Kier molecular flexibility index (Phi) is 6.71. The topological polar surface area (TPSA) is 79.7 Å². The SMILES string of the molecule is Cc1ccc(S(=O)(=O)O)cc1.Fc1ncc(OCN2CCC2)cc1Cl. The molecule has 0 amide bonds. The molecule has 0 radical (unpaired) electrons. The standard InChI is InChI=1S/C9H10ClFN2O.C7H8O3S/c10-8-4-7(5-12-9(8)11)14-6-13-2-1-3-13;1-6-2-4-7(5-3-6)11(8,9)10/h4-5H,1-3,6H2;2-5H,1H3,(H,8,9,10). The lowest BCUT2D eigenvalue weighted by Crippen LogP contribution is -2.39. The Bertz CT molecular complexity index is 811. The first-order valence-corrected chi connectivity index (χ1v) is 9.28. The van der Waals surface area contributed by atoms with Gasteiger partial charge in [-0.1, -0.05) is 29.3 Å². The lowest BCUT2D eigenvalue weighted by molar-refractivity contribution is 0.0727. The molecule has 0 spiro atoms. The highest BCUT2D eigenvalue weighted by Crippen LogP contribution is 2.19. The van der Waals surface area contributed by atoms with E-state index in [1.807, 2.05) is 6.92 Å². The molecule has 0 atom stereocenters. The summed E-state index contributed by atoms with van der Waals surface area (Å²) in [4.78, 5) is 5.53. The summed E-state index contributed by atoms with van der Waals surface area (Å²) in [7, 11) is -4.02. The molecule has 3 rings (SSSR count). The number of hydrogen-bond donors (Lipinski definition) is 1. The number of pyridine rings is 1. The van der Waals surface area contributed by atoms with Crippen LogP contribution in [0.25, 0.3) is 0 Å². The molecule has 1 aromatic heterocycles. The van der Waals surface area contributed by atoms with E-state index < -0.39 is 16.1 Å². The Morgan fingerprint density at radius 1 is 1.32 bits per heavy atom. The Balaban J connectivity index is 0.000000186. The second-order valence-electron chi connectivity index (χ2n) is 5.48. The average Bonchev–Trinajstić information content (AvgIpc) is 2.49. The molecule has 1 fully saturated rings. The van der Waals surface area contributed by atoms with Crippen LogP contribution in [0.1, 0.15) is 12.0 Å². The Morgan fingerprint density at radius 3 is 2.44 bits per heavy atom. The maximum Gasteiger partial charge on any atom is 0.294 e. The van der Waals surface area contributed by atoms with Crippen LogP contribution in [0.5, 0.6) is 5.75 Å². The van der Waals surface area contributed by atoms with Crippen molar-refractivity contribution in [3.8, 4) is 5.75 Å². The fourth-order valence-electron chi connectivity index (χ4n) is 1.87. The van der Waals surface area contributed by atoms with Crippen LogP contribution in [0, 0.1) is 12.9 Å². The van der Waals surface area contributed by atoms with E-state index in [0.29, 0.717) is 12.5 Å². The number of rotatable bonds is 4. The quantitative estimate of drug-likeness (QED) is 0.640. The Labute approximate surface area is 151 Å². The summed E-state index contributed by atoms with van der Waals surface area (Å²) in [6, 6.07) is 7.42. The van der Waals surface area contributed by atoms with Crippen LogP contribution in [0.15, 0.2) is 41.4 Å². The first-order chi connectivity index (χ1) is 11.8. The van der Waals surface area contributed by atoms with Gasteiger partial charge < -0.3 is 4.74 Å². The van der Waals surface area contributed by atoms with E-state index in [2.05, 4.69) is 9.88 Å². The molecule has 1 aliphatic heterocycles. The number of aryl methyl sites for hydroxylation is 1. The van der Waals surface area contributed by atoms with Gasteiger partial charge in [-0.25, -0.2) is 4.98 Å². The summed E-state index contributed by atoms with van der Waals surface area (Å²) in [5, 5.41) is -0.00823. The summed E-state index contributed by atoms with van der Waals surface area (Å²) in [5.74, 6) is -0.161. The first kappa shape index (κ1) is 19.6. The summed E-state index contributed by atoms with van der Waals surface area (Å²) in [6.45, 7) is 4.47. The molecular weight excluding hydrogens is 371 g/mol. The zero-order valence-corrected chi connectivity index (χ0v) is 15.1. The van der Waals surface area contributed by atoms with Crippen LogP contribution in [0.2, 0.25) is 5.02 Å². The van der Waals surface area contributed by atoms with Crippen molar-refractivity contribution < 1.29 is 22.1 Å². The van der Waals surface area contributed by atoms with Crippen LogP contribution in [-0.2, 0) is 10.1 Å². The minimum Gasteiger partial charge on any atom is -0.476 e. The van der Waals surface area contributed by atoms with E-state index in [1.54, 1.807) is 12.1 Å². The van der Waals surface area contributed by atoms with Crippen molar-refractivity contribution in [2.75, 3.05) is 19.8 Å². The predicted molar refractivity (Wildman–Crippen MR) is 91.9 cm³/mol. The van der Waals surface area contributed by atoms with Gasteiger partial charge in [0, 0.05) is 19.2 Å². The number of aromatic nitrogens is 1. The molecule has 1 saturated heterocycles. The largest absolute Gasteiger partial charge is 0.476 e. The third kappa shape index (κ3) is 6.24. The highest BCUT2D eigenvalue weighted by Gasteiger charge is 2.14. The number of benzene rings is 1. The zero-order chi connectivity index (χ0) is 18.4. The number of likely N-dealkylation sites (tertiary alicyclic amines) is 1. The molecule has 2 heterocycles. The van der Waals surface area contributed by atoms with Crippen molar-refractivity contribution in [2.24, 2.45) is 0 Å². The lowest BCUT2D eigenvalue weighted by Gasteiger charge is -2.29. The molecule has 0 bridgehead atoms. The molecule has 9 heteroatoms.